The summed E-state index contributed by atoms with van der Waals surface area (Å²) in [7, 11) is 0. The van der Waals surface area contributed by atoms with E-state index >= 15 is 0 Å². The zero-order valence-electron chi connectivity index (χ0n) is 9.17. The van der Waals surface area contributed by atoms with Crippen molar-refractivity contribution in [2.45, 2.75) is 19.1 Å². The molecule has 0 fully saturated rings. The molecule has 1 aromatic carbocycles. The van der Waals surface area contributed by atoms with Gasteiger partial charge in [-0.1, -0.05) is 18.2 Å². The van der Waals surface area contributed by atoms with Crippen LogP contribution in [0.2, 0.25) is 0 Å². The highest BCUT2D eigenvalue weighted by molar-refractivity contribution is 5.98. The molecule has 1 aliphatic rings. The van der Waals surface area contributed by atoms with E-state index in [-0.39, 0.29) is 18.9 Å². The largest absolute Gasteiger partial charge is 0.481 e. The lowest BCUT2D eigenvalue weighted by atomic mass is 10.1. The second kappa shape index (κ2) is 4.55. The summed E-state index contributed by atoms with van der Waals surface area (Å²) in [5.41, 5.74) is 1.55. The summed E-state index contributed by atoms with van der Waals surface area (Å²) in [5, 5.41) is 18.0. The Kier molecular flexibility index (Phi) is 3.10. The standard InChI is InChI=1S/C12H13NO4/c14-9(5-11(15)16)7-13-6-8-3-1-2-4-10(8)12(13)17/h1-4,9,14H,5-7H2,(H,15,16). The minimum atomic E-state index is -1.07. The first-order valence-corrected chi connectivity index (χ1v) is 5.35. The maximum atomic E-state index is 11.9. The van der Waals surface area contributed by atoms with Crippen molar-refractivity contribution in [2.75, 3.05) is 6.54 Å². The van der Waals surface area contributed by atoms with E-state index in [1.54, 1.807) is 12.1 Å². The second-order valence-electron chi connectivity index (χ2n) is 4.09. The first-order valence-electron chi connectivity index (χ1n) is 5.35. The van der Waals surface area contributed by atoms with Crippen molar-refractivity contribution in [3.05, 3.63) is 35.4 Å². The molecular formula is C12H13NO4. The third-order valence-electron chi connectivity index (χ3n) is 2.74. The number of benzene rings is 1. The Balaban J connectivity index is 2.03. The van der Waals surface area contributed by atoms with Crippen LogP contribution in [0.5, 0.6) is 0 Å². The molecule has 5 heteroatoms. The van der Waals surface area contributed by atoms with Gasteiger partial charge >= 0.3 is 5.97 Å². The topological polar surface area (TPSA) is 77.8 Å². The van der Waals surface area contributed by atoms with Crippen LogP contribution in [0.4, 0.5) is 0 Å². The first-order chi connectivity index (χ1) is 8.08. The third-order valence-corrected chi connectivity index (χ3v) is 2.74. The van der Waals surface area contributed by atoms with Gasteiger partial charge in [-0.15, -0.1) is 0 Å². The molecule has 0 bridgehead atoms. The fourth-order valence-corrected chi connectivity index (χ4v) is 1.98. The van der Waals surface area contributed by atoms with E-state index in [1.165, 1.54) is 4.90 Å². The molecule has 1 aliphatic heterocycles. The van der Waals surface area contributed by atoms with E-state index in [0.717, 1.165) is 5.56 Å². The minimum Gasteiger partial charge on any atom is -0.481 e. The van der Waals surface area contributed by atoms with E-state index < -0.39 is 12.1 Å². The number of amides is 1. The Morgan fingerprint density at radius 1 is 1.41 bits per heavy atom. The van der Waals surface area contributed by atoms with E-state index in [2.05, 4.69) is 0 Å². The van der Waals surface area contributed by atoms with Crippen molar-refractivity contribution in [3.63, 3.8) is 0 Å². The Hall–Kier alpha value is -1.88. The monoisotopic (exact) mass is 235 g/mol. The van der Waals surface area contributed by atoms with Gasteiger partial charge in [-0.3, -0.25) is 9.59 Å². The number of carbonyl (C=O) groups is 2. The lowest BCUT2D eigenvalue weighted by Crippen LogP contribution is -2.33. The van der Waals surface area contributed by atoms with Crippen molar-refractivity contribution in [1.82, 2.24) is 4.90 Å². The molecule has 1 amide bonds. The van der Waals surface area contributed by atoms with Crippen molar-refractivity contribution < 1.29 is 19.8 Å². The summed E-state index contributed by atoms with van der Waals surface area (Å²) >= 11 is 0. The van der Waals surface area contributed by atoms with Crippen LogP contribution in [0, 0.1) is 0 Å². The average Bonchev–Trinajstić information content (AvgIpc) is 2.55. The fraction of sp³-hybridized carbons (Fsp3) is 0.333. The maximum Gasteiger partial charge on any atom is 0.306 e. The van der Waals surface area contributed by atoms with Crippen LogP contribution in [0.3, 0.4) is 0 Å². The van der Waals surface area contributed by atoms with E-state index in [4.69, 9.17) is 5.11 Å². The summed E-state index contributed by atoms with van der Waals surface area (Å²) in [5.74, 6) is -1.22. The molecule has 0 saturated carbocycles. The van der Waals surface area contributed by atoms with E-state index in [9.17, 15) is 14.7 Å². The average molecular weight is 235 g/mol. The number of carbonyl (C=O) groups excluding carboxylic acids is 1. The second-order valence-corrected chi connectivity index (χ2v) is 4.09. The van der Waals surface area contributed by atoms with Crippen LogP contribution in [0.1, 0.15) is 22.3 Å². The molecule has 1 heterocycles. The zero-order valence-corrected chi connectivity index (χ0v) is 9.17. The molecule has 0 aromatic heterocycles. The number of carboxylic acids is 1. The SMILES string of the molecule is O=C(O)CC(O)CN1Cc2ccccc2C1=O. The predicted molar refractivity (Wildman–Crippen MR) is 59.4 cm³/mol. The van der Waals surface area contributed by atoms with Crippen LogP contribution in [-0.4, -0.2) is 39.6 Å². The highest BCUT2D eigenvalue weighted by Crippen LogP contribution is 2.22. The lowest BCUT2D eigenvalue weighted by Gasteiger charge is -2.18. The van der Waals surface area contributed by atoms with Crippen LogP contribution < -0.4 is 0 Å². The Morgan fingerprint density at radius 3 is 2.76 bits per heavy atom. The molecular weight excluding hydrogens is 222 g/mol. The molecule has 5 nitrogen and oxygen atoms in total. The summed E-state index contributed by atoms with van der Waals surface area (Å²) < 4.78 is 0. The van der Waals surface area contributed by atoms with Gasteiger partial charge in [0.25, 0.3) is 5.91 Å². The van der Waals surface area contributed by atoms with Crippen LogP contribution in [0.25, 0.3) is 0 Å². The number of aliphatic hydroxyl groups excluding tert-OH is 1. The Morgan fingerprint density at radius 2 is 2.12 bits per heavy atom. The van der Waals surface area contributed by atoms with Gasteiger partial charge in [0.15, 0.2) is 0 Å². The summed E-state index contributed by atoms with van der Waals surface area (Å²) in [4.78, 5) is 23.8. The minimum absolute atomic E-state index is 0.0554. The first kappa shape index (κ1) is 11.6. The number of aliphatic hydroxyl groups is 1. The van der Waals surface area contributed by atoms with E-state index in [1.807, 2.05) is 12.1 Å². The van der Waals surface area contributed by atoms with Crippen molar-refractivity contribution in [1.29, 1.82) is 0 Å². The van der Waals surface area contributed by atoms with Crippen LogP contribution >= 0.6 is 0 Å². The number of β-amino-alcohol motifs (C(OH)–C–C–N with tert-alkyl or cyclic N) is 1. The zero-order chi connectivity index (χ0) is 12.4. The van der Waals surface area contributed by atoms with Gasteiger partial charge in [-0.2, -0.15) is 0 Å². The fourth-order valence-electron chi connectivity index (χ4n) is 1.98. The van der Waals surface area contributed by atoms with Crippen molar-refractivity contribution in [3.8, 4) is 0 Å². The maximum absolute atomic E-state index is 11.9. The number of aliphatic carboxylic acids is 1. The molecule has 1 atom stereocenters. The van der Waals surface area contributed by atoms with Gasteiger partial charge < -0.3 is 15.1 Å². The molecule has 0 aliphatic carbocycles. The molecule has 0 spiro atoms. The van der Waals surface area contributed by atoms with Crippen molar-refractivity contribution >= 4 is 11.9 Å². The number of fused-ring (bicyclic) bond motifs is 1. The van der Waals surface area contributed by atoms with Gasteiger partial charge in [0.05, 0.1) is 12.5 Å². The summed E-state index contributed by atoms with van der Waals surface area (Å²) in [6.45, 7) is 0.492. The third kappa shape index (κ3) is 2.45. The lowest BCUT2D eigenvalue weighted by molar-refractivity contribution is -0.139. The quantitative estimate of drug-likeness (QED) is 0.795. The molecule has 0 saturated heterocycles. The molecule has 1 unspecified atom stereocenters. The van der Waals surface area contributed by atoms with Gasteiger partial charge in [0, 0.05) is 18.7 Å². The number of nitrogens with zero attached hydrogens (tertiary/aromatic N) is 1. The van der Waals surface area contributed by atoms with E-state index in [0.29, 0.717) is 12.1 Å². The highest BCUT2D eigenvalue weighted by atomic mass is 16.4. The highest BCUT2D eigenvalue weighted by Gasteiger charge is 2.28. The van der Waals surface area contributed by atoms with Crippen LogP contribution in [0.15, 0.2) is 24.3 Å². The molecule has 90 valence electrons. The number of hydrogen-bond acceptors (Lipinski definition) is 3. The summed E-state index contributed by atoms with van der Waals surface area (Å²) in [6.07, 6.45) is -1.37. The smallest absolute Gasteiger partial charge is 0.306 e. The molecule has 2 rings (SSSR count). The molecule has 1 aromatic rings. The Bertz CT molecular complexity index is 458. The van der Waals surface area contributed by atoms with Gasteiger partial charge in [-0.25, -0.2) is 0 Å². The van der Waals surface area contributed by atoms with Gasteiger partial charge in [-0.05, 0) is 11.6 Å². The number of carboxylic acid groups (broad SMARTS) is 1. The van der Waals surface area contributed by atoms with Crippen molar-refractivity contribution in [2.24, 2.45) is 0 Å². The molecule has 0 radical (unpaired) electrons. The normalized spacial score (nSPS) is 15.8. The summed E-state index contributed by atoms with van der Waals surface area (Å²) in [6, 6.07) is 7.23. The number of rotatable bonds is 4. The van der Waals surface area contributed by atoms with Gasteiger partial charge in [0.2, 0.25) is 0 Å². The molecule has 2 N–H and O–H groups in total. The van der Waals surface area contributed by atoms with Crippen LogP contribution in [-0.2, 0) is 11.3 Å². The number of hydrogen-bond donors (Lipinski definition) is 2. The van der Waals surface area contributed by atoms with Gasteiger partial charge in [0.1, 0.15) is 0 Å². The molecule has 17 heavy (non-hydrogen) atoms. The predicted octanol–water partition coefficient (Wildman–Crippen LogP) is 0.478. The Labute approximate surface area is 98.3 Å².